The molecule has 0 aromatic rings. The number of thioether (sulfide) groups is 1. The Bertz CT molecular complexity index is 293. The molecule has 0 saturated heterocycles. The van der Waals surface area contributed by atoms with Crippen LogP contribution in [0.15, 0.2) is 0 Å². The fraction of sp³-hybridized carbons (Fsp3) is 0.923. The molecule has 3 N–H and O–H groups in total. The van der Waals surface area contributed by atoms with Crippen LogP contribution >= 0.6 is 11.8 Å². The molecule has 0 aromatic heterocycles. The van der Waals surface area contributed by atoms with Gasteiger partial charge in [0.15, 0.2) is 0 Å². The summed E-state index contributed by atoms with van der Waals surface area (Å²) in [5.41, 5.74) is 6.15. The molecule has 5 atom stereocenters. The lowest BCUT2D eigenvalue weighted by Gasteiger charge is -2.26. The molecule has 0 spiro atoms. The van der Waals surface area contributed by atoms with E-state index < -0.39 is 12.0 Å². The first-order chi connectivity index (χ1) is 7.66. The van der Waals surface area contributed by atoms with Gasteiger partial charge < -0.3 is 10.8 Å². The number of rotatable bonds is 6. The summed E-state index contributed by atoms with van der Waals surface area (Å²) in [4.78, 5) is 10.8. The molecule has 0 amide bonds. The average Bonchev–Trinajstić information content (AvgIpc) is 2.85. The molecular formula is C13H25NO2S. The van der Waals surface area contributed by atoms with E-state index in [2.05, 4.69) is 27.7 Å². The van der Waals surface area contributed by atoms with Crippen LogP contribution in [0.25, 0.3) is 0 Å². The summed E-state index contributed by atoms with van der Waals surface area (Å²) >= 11 is 1.88. The van der Waals surface area contributed by atoms with E-state index in [-0.39, 0.29) is 11.2 Å². The van der Waals surface area contributed by atoms with E-state index in [4.69, 9.17) is 10.8 Å². The van der Waals surface area contributed by atoms with E-state index in [1.165, 1.54) is 6.42 Å². The zero-order valence-electron chi connectivity index (χ0n) is 11.4. The Morgan fingerprint density at radius 3 is 2.24 bits per heavy atom. The number of hydrogen-bond acceptors (Lipinski definition) is 3. The van der Waals surface area contributed by atoms with E-state index in [0.29, 0.717) is 10.7 Å². The molecule has 1 fully saturated rings. The summed E-state index contributed by atoms with van der Waals surface area (Å²) in [6.07, 6.45) is 1.28. The average molecular weight is 259 g/mol. The molecule has 4 unspecified atom stereocenters. The van der Waals surface area contributed by atoms with Crippen LogP contribution in [0.5, 0.6) is 0 Å². The summed E-state index contributed by atoms with van der Waals surface area (Å²) < 4.78 is 0. The smallest absolute Gasteiger partial charge is 0.320 e. The lowest BCUT2D eigenvalue weighted by Crippen LogP contribution is -2.40. The van der Waals surface area contributed by atoms with Crippen molar-refractivity contribution in [2.45, 2.75) is 57.6 Å². The van der Waals surface area contributed by atoms with Crippen LogP contribution in [0, 0.1) is 17.3 Å². The first-order valence-corrected chi connectivity index (χ1v) is 7.25. The van der Waals surface area contributed by atoms with E-state index in [0.717, 1.165) is 5.92 Å². The van der Waals surface area contributed by atoms with Crippen molar-refractivity contribution in [2.24, 2.45) is 23.0 Å². The third-order valence-electron chi connectivity index (χ3n) is 4.18. The normalized spacial score (nSPS) is 29.2. The number of hydrogen-bond donors (Lipinski definition) is 2. The lowest BCUT2D eigenvalue weighted by molar-refractivity contribution is -0.139. The number of aliphatic carboxylic acids is 1. The van der Waals surface area contributed by atoms with Gasteiger partial charge in [-0.3, -0.25) is 4.79 Å². The molecule has 3 nitrogen and oxygen atoms in total. The Hall–Kier alpha value is -0.220. The Balaban J connectivity index is 2.43. The maximum absolute atomic E-state index is 10.8. The minimum absolute atomic E-state index is 0.00168. The fourth-order valence-electron chi connectivity index (χ4n) is 2.38. The topological polar surface area (TPSA) is 63.3 Å². The van der Waals surface area contributed by atoms with Crippen molar-refractivity contribution in [2.75, 3.05) is 0 Å². The predicted octanol–water partition coefficient (Wildman–Crippen LogP) is 2.59. The van der Waals surface area contributed by atoms with E-state index in [1.807, 2.05) is 18.7 Å². The Morgan fingerprint density at radius 2 is 1.88 bits per heavy atom. The van der Waals surface area contributed by atoms with Gasteiger partial charge in [0, 0.05) is 10.5 Å². The zero-order valence-corrected chi connectivity index (χ0v) is 12.3. The Kier molecular flexibility index (Phi) is 4.53. The molecule has 0 aliphatic heterocycles. The quantitative estimate of drug-likeness (QED) is 0.769. The van der Waals surface area contributed by atoms with Crippen LogP contribution in [0.4, 0.5) is 0 Å². The van der Waals surface area contributed by atoms with Gasteiger partial charge in [0.2, 0.25) is 0 Å². The summed E-state index contributed by atoms with van der Waals surface area (Å²) in [5.74, 6) is -0.130. The summed E-state index contributed by atoms with van der Waals surface area (Å²) in [6.45, 7) is 10.9. The molecule has 0 aromatic carbocycles. The molecule has 1 saturated carbocycles. The van der Waals surface area contributed by atoms with Gasteiger partial charge in [-0.2, -0.15) is 11.8 Å². The van der Waals surface area contributed by atoms with Crippen LogP contribution < -0.4 is 5.73 Å². The third-order valence-corrected chi connectivity index (χ3v) is 5.79. The molecular weight excluding hydrogens is 234 g/mol. The first kappa shape index (κ1) is 14.8. The molecule has 0 heterocycles. The van der Waals surface area contributed by atoms with Gasteiger partial charge in [0.25, 0.3) is 0 Å². The van der Waals surface area contributed by atoms with Crippen LogP contribution in [-0.4, -0.2) is 27.6 Å². The Labute approximate surface area is 109 Å². The van der Waals surface area contributed by atoms with Crippen molar-refractivity contribution in [3.05, 3.63) is 0 Å². The Morgan fingerprint density at radius 1 is 1.41 bits per heavy atom. The molecule has 4 heteroatoms. The van der Waals surface area contributed by atoms with Crippen LogP contribution in [-0.2, 0) is 4.79 Å². The largest absolute Gasteiger partial charge is 0.480 e. The van der Waals surface area contributed by atoms with Crippen LogP contribution in [0.3, 0.4) is 0 Å². The van der Waals surface area contributed by atoms with Gasteiger partial charge >= 0.3 is 5.97 Å². The minimum Gasteiger partial charge on any atom is -0.480 e. The number of carboxylic acids is 1. The van der Waals surface area contributed by atoms with Crippen molar-refractivity contribution in [3.8, 4) is 0 Å². The number of nitrogens with two attached hydrogens (primary N) is 1. The second-order valence-electron chi connectivity index (χ2n) is 6.07. The van der Waals surface area contributed by atoms with E-state index in [9.17, 15) is 4.79 Å². The first-order valence-electron chi connectivity index (χ1n) is 6.30. The van der Waals surface area contributed by atoms with Gasteiger partial charge in [0.05, 0.1) is 0 Å². The highest BCUT2D eigenvalue weighted by Gasteiger charge is 2.49. The van der Waals surface area contributed by atoms with Crippen molar-refractivity contribution in [1.29, 1.82) is 0 Å². The van der Waals surface area contributed by atoms with Gasteiger partial charge in [-0.25, -0.2) is 0 Å². The monoisotopic (exact) mass is 259 g/mol. The fourth-order valence-corrected chi connectivity index (χ4v) is 4.13. The second kappa shape index (κ2) is 5.19. The molecule has 1 aliphatic rings. The predicted molar refractivity (Wildman–Crippen MR) is 73.2 cm³/mol. The maximum Gasteiger partial charge on any atom is 0.320 e. The summed E-state index contributed by atoms with van der Waals surface area (Å²) in [7, 11) is 0. The van der Waals surface area contributed by atoms with Crippen molar-refractivity contribution >= 4 is 17.7 Å². The number of carbonyl (C=O) groups is 1. The molecule has 0 bridgehead atoms. The van der Waals surface area contributed by atoms with E-state index in [1.54, 1.807) is 0 Å². The van der Waals surface area contributed by atoms with Crippen molar-refractivity contribution < 1.29 is 9.90 Å². The van der Waals surface area contributed by atoms with Gasteiger partial charge in [-0.05, 0) is 23.7 Å². The third kappa shape index (κ3) is 3.62. The van der Waals surface area contributed by atoms with Gasteiger partial charge in [-0.15, -0.1) is 0 Å². The molecule has 0 radical (unpaired) electrons. The van der Waals surface area contributed by atoms with Gasteiger partial charge in [0.1, 0.15) is 6.04 Å². The van der Waals surface area contributed by atoms with E-state index >= 15 is 0 Å². The van der Waals surface area contributed by atoms with Crippen molar-refractivity contribution in [1.82, 2.24) is 0 Å². The maximum atomic E-state index is 10.8. The number of carboxylic acid groups (broad SMARTS) is 1. The van der Waals surface area contributed by atoms with Crippen LogP contribution in [0.2, 0.25) is 0 Å². The highest BCUT2D eigenvalue weighted by atomic mass is 32.2. The lowest BCUT2D eigenvalue weighted by atomic mass is 10.00. The summed E-state index contributed by atoms with van der Waals surface area (Å²) in [5, 5.41) is 9.78. The van der Waals surface area contributed by atoms with Gasteiger partial charge in [-0.1, -0.05) is 34.6 Å². The molecule has 1 rings (SSSR count). The molecule has 100 valence electrons. The molecule has 1 aliphatic carbocycles. The highest BCUT2D eigenvalue weighted by molar-refractivity contribution is 8.00. The zero-order chi connectivity index (χ0) is 13.4. The summed E-state index contributed by atoms with van der Waals surface area (Å²) in [6, 6.07) is -0.753. The van der Waals surface area contributed by atoms with Crippen LogP contribution in [0.1, 0.15) is 41.0 Å². The standard InChI is InChI=1S/C13H25NO2S/c1-7(11(14)12(15)16)8(2)17-9(3)10-6-13(10,4)5/h7-11H,6,14H2,1-5H3,(H,15,16)/t7?,8?,9?,10?,11-/m0/s1. The highest BCUT2D eigenvalue weighted by Crippen LogP contribution is 2.56. The SMILES string of the molecule is CC(SC(C)C1CC1(C)C)C(C)[C@H](N)C(=O)O. The van der Waals surface area contributed by atoms with Crippen molar-refractivity contribution in [3.63, 3.8) is 0 Å². The second-order valence-corrected chi connectivity index (χ2v) is 7.83. The molecule has 17 heavy (non-hydrogen) atoms. The minimum atomic E-state index is -0.899.